The van der Waals surface area contributed by atoms with E-state index >= 15 is 0 Å². The predicted octanol–water partition coefficient (Wildman–Crippen LogP) is 0.199. The summed E-state index contributed by atoms with van der Waals surface area (Å²) >= 11 is 0. The number of aromatic nitrogens is 3. The molecule has 19 heavy (non-hydrogen) atoms. The second-order valence-electron chi connectivity index (χ2n) is 4.08. The van der Waals surface area contributed by atoms with Gasteiger partial charge in [0.05, 0.1) is 0 Å². The van der Waals surface area contributed by atoms with Gasteiger partial charge in [-0.3, -0.25) is 9.48 Å². The summed E-state index contributed by atoms with van der Waals surface area (Å²) in [6.07, 6.45) is 2.10. The van der Waals surface area contributed by atoms with E-state index < -0.39 is 0 Å². The van der Waals surface area contributed by atoms with Gasteiger partial charge >= 0.3 is 0 Å². The Labute approximate surface area is 109 Å². The Morgan fingerprint density at radius 2 is 2.00 bits per heavy atom. The quantitative estimate of drug-likeness (QED) is 0.730. The van der Waals surface area contributed by atoms with Gasteiger partial charge in [-0.05, 0) is 12.1 Å². The average Bonchev–Trinajstić information content (AvgIpc) is 2.73. The maximum absolute atomic E-state index is 11.8. The van der Waals surface area contributed by atoms with Crippen LogP contribution in [0.2, 0.25) is 0 Å². The number of amides is 1. The van der Waals surface area contributed by atoms with Crippen LogP contribution in [-0.4, -0.2) is 37.4 Å². The highest BCUT2D eigenvalue weighted by molar-refractivity contribution is 5.95. The molecule has 0 saturated heterocycles. The van der Waals surface area contributed by atoms with Crippen LogP contribution >= 0.6 is 0 Å². The number of carbonyl (C=O) groups is 1. The lowest BCUT2D eigenvalue weighted by Gasteiger charge is -2.05. The third-order valence-electron chi connectivity index (χ3n) is 2.45. The first-order chi connectivity index (χ1) is 9.04. The standard InChI is InChI=1S/C12H14N4O3/c1-16-7-14-11(15-16)2-3-13-12(19)8-4-9(17)6-10(18)5-8/h4-7,17-18H,2-3H2,1H3,(H,13,19). The van der Waals surface area contributed by atoms with E-state index in [1.807, 2.05) is 0 Å². The number of aryl methyl sites for hydroxylation is 1. The van der Waals surface area contributed by atoms with Gasteiger partial charge in [0.25, 0.3) is 5.91 Å². The Balaban J connectivity index is 1.90. The van der Waals surface area contributed by atoms with Gasteiger partial charge in [0.15, 0.2) is 5.82 Å². The van der Waals surface area contributed by atoms with Gasteiger partial charge in [-0.15, -0.1) is 0 Å². The summed E-state index contributed by atoms with van der Waals surface area (Å²) in [6, 6.07) is 3.73. The Morgan fingerprint density at radius 1 is 1.32 bits per heavy atom. The fraction of sp³-hybridized carbons (Fsp3) is 0.250. The minimum Gasteiger partial charge on any atom is -0.508 e. The molecule has 0 unspecified atom stereocenters. The number of nitrogens with zero attached hydrogens (tertiary/aromatic N) is 3. The van der Waals surface area contributed by atoms with Crippen molar-refractivity contribution >= 4 is 5.91 Å². The Hall–Kier alpha value is -2.57. The molecule has 0 fully saturated rings. The Kier molecular flexibility index (Phi) is 3.65. The lowest BCUT2D eigenvalue weighted by atomic mass is 10.2. The van der Waals surface area contributed by atoms with Crippen molar-refractivity contribution in [3.8, 4) is 11.5 Å². The lowest BCUT2D eigenvalue weighted by molar-refractivity contribution is 0.0953. The van der Waals surface area contributed by atoms with Crippen LogP contribution in [0.5, 0.6) is 11.5 Å². The minimum atomic E-state index is -0.373. The van der Waals surface area contributed by atoms with Crippen LogP contribution in [0.25, 0.3) is 0 Å². The first-order valence-electron chi connectivity index (χ1n) is 5.70. The largest absolute Gasteiger partial charge is 0.508 e. The van der Waals surface area contributed by atoms with Gasteiger partial charge in [0.1, 0.15) is 17.8 Å². The number of hydrogen-bond acceptors (Lipinski definition) is 5. The molecule has 2 aromatic rings. The number of benzene rings is 1. The van der Waals surface area contributed by atoms with E-state index in [0.29, 0.717) is 18.8 Å². The highest BCUT2D eigenvalue weighted by atomic mass is 16.3. The minimum absolute atomic E-state index is 0.156. The molecule has 0 aliphatic rings. The van der Waals surface area contributed by atoms with Crippen molar-refractivity contribution in [1.82, 2.24) is 20.1 Å². The van der Waals surface area contributed by atoms with Crippen LogP contribution in [0, 0.1) is 0 Å². The number of nitrogens with one attached hydrogen (secondary N) is 1. The molecule has 0 atom stereocenters. The van der Waals surface area contributed by atoms with Crippen molar-refractivity contribution in [3.63, 3.8) is 0 Å². The molecule has 3 N–H and O–H groups in total. The fourth-order valence-electron chi connectivity index (χ4n) is 1.61. The number of aromatic hydroxyl groups is 2. The molecule has 1 aromatic carbocycles. The van der Waals surface area contributed by atoms with Gasteiger partial charge in [-0.1, -0.05) is 0 Å². The van der Waals surface area contributed by atoms with Gasteiger partial charge in [0.2, 0.25) is 0 Å². The summed E-state index contributed by atoms with van der Waals surface area (Å²) in [5.74, 6) is -0.0447. The molecule has 7 heteroatoms. The van der Waals surface area contributed by atoms with Gasteiger partial charge < -0.3 is 15.5 Å². The highest BCUT2D eigenvalue weighted by Gasteiger charge is 2.08. The maximum atomic E-state index is 11.8. The molecular weight excluding hydrogens is 248 g/mol. The molecule has 0 radical (unpaired) electrons. The zero-order chi connectivity index (χ0) is 13.8. The highest BCUT2D eigenvalue weighted by Crippen LogP contribution is 2.20. The van der Waals surface area contributed by atoms with Gasteiger partial charge in [-0.25, -0.2) is 4.98 Å². The third kappa shape index (κ3) is 3.44. The second kappa shape index (κ2) is 5.38. The van der Waals surface area contributed by atoms with E-state index in [2.05, 4.69) is 15.4 Å². The summed E-state index contributed by atoms with van der Waals surface area (Å²) < 4.78 is 1.59. The van der Waals surface area contributed by atoms with Crippen molar-refractivity contribution in [1.29, 1.82) is 0 Å². The van der Waals surface area contributed by atoms with Gasteiger partial charge in [-0.2, -0.15) is 5.10 Å². The molecule has 0 aliphatic heterocycles. The normalized spacial score (nSPS) is 10.4. The van der Waals surface area contributed by atoms with Crippen LogP contribution in [-0.2, 0) is 13.5 Å². The van der Waals surface area contributed by atoms with Gasteiger partial charge in [0, 0.05) is 31.6 Å². The van der Waals surface area contributed by atoms with Crippen molar-refractivity contribution in [2.75, 3.05) is 6.54 Å². The molecular formula is C12H14N4O3. The van der Waals surface area contributed by atoms with E-state index in [1.165, 1.54) is 12.1 Å². The Bertz CT molecular complexity index is 574. The summed E-state index contributed by atoms with van der Waals surface area (Å²) in [4.78, 5) is 15.8. The second-order valence-corrected chi connectivity index (χ2v) is 4.08. The molecule has 0 saturated carbocycles. The molecule has 0 spiro atoms. The summed E-state index contributed by atoms with van der Waals surface area (Å²) in [6.45, 7) is 0.374. The molecule has 0 aliphatic carbocycles. The van der Waals surface area contributed by atoms with Crippen LogP contribution in [0.3, 0.4) is 0 Å². The zero-order valence-electron chi connectivity index (χ0n) is 10.4. The molecule has 1 heterocycles. The van der Waals surface area contributed by atoms with E-state index in [1.54, 1.807) is 18.1 Å². The number of phenolic OH excluding ortho intramolecular Hbond substituents is 2. The van der Waals surface area contributed by atoms with Crippen LogP contribution in [0.1, 0.15) is 16.2 Å². The van der Waals surface area contributed by atoms with Crippen LogP contribution in [0.4, 0.5) is 0 Å². The summed E-state index contributed by atoms with van der Waals surface area (Å²) in [5.41, 5.74) is 0.200. The van der Waals surface area contributed by atoms with Crippen molar-refractivity contribution in [3.05, 3.63) is 35.9 Å². The predicted molar refractivity (Wildman–Crippen MR) is 66.8 cm³/mol. The molecule has 1 amide bonds. The van der Waals surface area contributed by atoms with E-state index in [0.717, 1.165) is 6.07 Å². The molecule has 2 rings (SSSR count). The number of hydrogen-bond donors (Lipinski definition) is 3. The fourth-order valence-corrected chi connectivity index (χ4v) is 1.61. The van der Waals surface area contributed by atoms with E-state index in [-0.39, 0.29) is 23.0 Å². The summed E-state index contributed by atoms with van der Waals surface area (Å²) in [5, 5.41) is 25.3. The first-order valence-corrected chi connectivity index (χ1v) is 5.70. The molecule has 0 bridgehead atoms. The van der Waals surface area contributed by atoms with Crippen LogP contribution < -0.4 is 5.32 Å². The smallest absolute Gasteiger partial charge is 0.251 e. The monoisotopic (exact) mass is 262 g/mol. The number of rotatable bonds is 4. The SMILES string of the molecule is Cn1cnc(CCNC(=O)c2cc(O)cc(O)c2)n1. The maximum Gasteiger partial charge on any atom is 0.251 e. The first kappa shape index (κ1) is 12.9. The third-order valence-corrected chi connectivity index (χ3v) is 2.45. The van der Waals surface area contributed by atoms with Crippen LogP contribution in [0.15, 0.2) is 24.5 Å². The summed E-state index contributed by atoms with van der Waals surface area (Å²) in [7, 11) is 1.77. The van der Waals surface area contributed by atoms with E-state index in [4.69, 9.17) is 0 Å². The molecule has 100 valence electrons. The topological polar surface area (TPSA) is 100 Å². The zero-order valence-corrected chi connectivity index (χ0v) is 10.4. The number of carbonyl (C=O) groups excluding carboxylic acids is 1. The number of phenols is 2. The Morgan fingerprint density at radius 3 is 2.58 bits per heavy atom. The average molecular weight is 262 g/mol. The molecule has 1 aromatic heterocycles. The van der Waals surface area contributed by atoms with Crippen molar-refractivity contribution < 1.29 is 15.0 Å². The lowest BCUT2D eigenvalue weighted by Crippen LogP contribution is -2.25. The molecule has 7 nitrogen and oxygen atoms in total. The van der Waals surface area contributed by atoms with Crippen molar-refractivity contribution in [2.45, 2.75) is 6.42 Å². The van der Waals surface area contributed by atoms with E-state index in [9.17, 15) is 15.0 Å². The van der Waals surface area contributed by atoms with Crippen molar-refractivity contribution in [2.24, 2.45) is 7.05 Å².